The highest BCUT2D eigenvalue weighted by Gasteiger charge is 2.17. The molecule has 0 unspecified atom stereocenters. The summed E-state index contributed by atoms with van der Waals surface area (Å²) in [5.41, 5.74) is -0.201. The maximum atomic E-state index is 11.3. The zero-order valence-corrected chi connectivity index (χ0v) is 8.79. The normalized spacial score (nSPS) is 10.2. The van der Waals surface area contributed by atoms with E-state index in [0.717, 1.165) is 0 Å². The fourth-order valence-corrected chi connectivity index (χ4v) is 0.689. The van der Waals surface area contributed by atoms with E-state index in [1.54, 1.807) is 20.8 Å². The van der Waals surface area contributed by atoms with E-state index >= 15 is 0 Å². The molecule has 0 rings (SSSR count). The Morgan fingerprint density at radius 3 is 2.50 bits per heavy atom. The Morgan fingerprint density at radius 2 is 2.07 bits per heavy atom. The molecule has 0 saturated carbocycles. The van der Waals surface area contributed by atoms with Crippen LogP contribution >= 0.6 is 0 Å². The highest BCUT2D eigenvalue weighted by Crippen LogP contribution is 2.11. The van der Waals surface area contributed by atoms with E-state index in [4.69, 9.17) is 4.74 Å². The number of ether oxygens (including phenoxy) is 1. The molecule has 0 aliphatic rings. The average molecular weight is 197 g/mol. The highest BCUT2D eigenvalue weighted by atomic mass is 16.6. The lowest BCUT2D eigenvalue weighted by molar-refractivity contribution is -0.150. The van der Waals surface area contributed by atoms with Crippen LogP contribution in [0.1, 0.15) is 27.2 Å². The van der Waals surface area contributed by atoms with Gasteiger partial charge in [0.15, 0.2) is 0 Å². The number of hydrogen-bond acceptors (Lipinski definition) is 4. The number of nitrogens with zero attached hydrogens (tertiary/aromatic N) is 1. The molecule has 0 amide bonds. The maximum Gasteiger partial charge on any atom is 0.333 e. The van der Waals surface area contributed by atoms with Crippen LogP contribution in [-0.2, 0) is 14.3 Å². The van der Waals surface area contributed by atoms with Gasteiger partial charge in [-0.05, 0) is 27.2 Å². The largest absolute Gasteiger partial charge is 0.457 e. The summed E-state index contributed by atoms with van der Waals surface area (Å²) in [6.07, 6.45) is 1.72. The molecule has 0 bridgehead atoms. The van der Waals surface area contributed by atoms with Crippen LogP contribution in [0, 0.1) is 0 Å². The van der Waals surface area contributed by atoms with Crippen LogP contribution in [0.4, 0.5) is 0 Å². The number of aliphatic imine (C=N–C) groups is 1. The molecule has 14 heavy (non-hydrogen) atoms. The number of esters is 1. The Labute approximate surface area is 83.7 Å². The van der Waals surface area contributed by atoms with E-state index in [1.807, 2.05) is 0 Å². The van der Waals surface area contributed by atoms with Crippen molar-refractivity contribution in [3.63, 3.8) is 0 Å². The van der Waals surface area contributed by atoms with Crippen LogP contribution in [0.25, 0.3) is 0 Å². The number of isocyanates is 1. The maximum absolute atomic E-state index is 11.3. The molecular formula is C10H15NO3. The zero-order valence-electron chi connectivity index (χ0n) is 8.79. The van der Waals surface area contributed by atoms with Gasteiger partial charge in [-0.15, -0.1) is 0 Å². The first-order chi connectivity index (χ1) is 6.37. The highest BCUT2D eigenvalue weighted by molar-refractivity contribution is 5.88. The Balaban J connectivity index is 4.01. The number of rotatable bonds is 4. The summed E-state index contributed by atoms with van der Waals surface area (Å²) in [4.78, 5) is 24.4. The Morgan fingerprint density at radius 1 is 1.50 bits per heavy atom. The van der Waals surface area contributed by atoms with E-state index < -0.39 is 11.6 Å². The van der Waals surface area contributed by atoms with Crippen molar-refractivity contribution >= 4 is 12.0 Å². The Kier molecular flexibility index (Phi) is 4.81. The van der Waals surface area contributed by atoms with Gasteiger partial charge in [0.2, 0.25) is 6.08 Å². The monoisotopic (exact) mass is 197 g/mol. The van der Waals surface area contributed by atoms with Gasteiger partial charge in [0.05, 0.1) is 6.54 Å². The fourth-order valence-electron chi connectivity index (χ4n) is 0.689. The molecule has 4 heteroatoms. The summed E-state index contributed by atoms with van der Waals surface area (Å²) < 4.78 is 5.05. The Bertz CT molecular complexity index is 270. The second kappa shape index (κ2) is 5.35. The second-order valence-electron chi connectivity index (χ2n) is 3.83. The van der Waals surface area contributed by atoms with Crippen LogP contribution in [0.5, 0.6) is 0 Å². The summed E-state index contributed by atoms with van der Waals surface area (Å²) in [7, 11) is 0. The van der Waals surface area contributed by atoms with E-state index in [1.165, 1.54) is 6.08 Å². The van der Waals surface area contributed by atoms with Crippen molar-refractivity contribution in [1.29, 1.82) is 0 Å². The van der Waals surface area contributed by atoms with Crippen molar-refractivity contribution in [1.82, 2.24) is 0 Å². The molecule has 0 aromatic carbocycles. The molecule has 0 saturated heterocycles. The van der Waals surface area contributed by atoms with Crippen molar-refractivity contribution in [2.24, 2.45) is 4.99 Å². The molecule has 78 valence electrons. The van der Waals surface area contributed by atoms with Gasteiger partial charge >= 0.3 is 5.97 Å². The van der Waals surface area contributed by atoms with E-state index in [-0.39, 0.29) is 6.54 Å². The van der Waals surface area contributed by atoms with Gasteiger partial charge in [0, 0.05) is 5.57 Å². The van der Waals surface area contributed by atoms with Gasteiger partial charge in [0.1, 0.15) is 5.60 Å². The summed E-state index contributed by atoms with van der Waals surface area (Å²) >= 11 is 0. The number of carbonyl (C=O) groups excluding carboxylic acids is 2. The lowest BCUT2D eigenvalue weighted by Gasteiger charge is -2.19. The summed E-state index contributed by atoms with van der Waals surface area (Å²) in [5, 5.41) is 0. The van der Waals surface area contributed by atoms with Gasteiger partial charge in [-0.3, -0.25) is 0 Å². The predicted octanol–water partition coefficient (Wildman–Crippen LogP) is 1.61. The lowest BCUT2D eigenvalue weighted by atomic mass is 10.1. The molecule has 0 spiro atoms. The molecule has 0 aliphatic heterocycles. The molecule has 0 fully saturated rings. The first kappa shape index (κ1) is 12.6. The molecular weight excluding hydrogens is 182 g/mol. The van der Waals surface area contributed by atoms with Gasteiger partial charge in [-0.2, -0.15) is 0 Å². The third-order valence-corrected chi connectivity index (χ3v) is 1.28. The summed E-state index contributed by atoms with van der Waals surface area (Å²) in [6, 6.07) is 0. The molecule has 0 heterocycles. The molecule has 0 N–H and O–H groups in total. The standard InChI is InChI=1S/C10H15NO3/c1-8(5-6-11-7-12)9(13)14-10(2,3)4/h1,5-6H2,2-4H3. The molecule has 0 aromatic rings. The summed E-state index contributed by atoms with van der Waals surface area (Å²) in [5.74, 6) is -0.446. The van der Waals surface area contributed by atoms with Crippen LogP contribution < -0.4 is 0 Å². The van der Waals surface area contributed by atoms with Crippen LogP contribution in [0.3, 0.4) is 0 Å². The third-order valence-electron chi connectivity index (χ3n) is 1.28. The van der Waals surface area contributed by atoms with Crippen molar-refractivity contribution < 1.29 is 14.3 Å². The first-order valence-electron chi connectivity index (χ1n) is 4.31. The van der Waals surface area contributed by atoms with Crippen LogP contribution in [-0.4, -0.2) is 24.2 Å². The van der Waals surface area contributed by atoms with Gasteiger partial charge in [0.25, 0.3) is 0 Å². The van der Waals surface area contributed by atoms with E-state index in [2.05, 4.69) is 11.6 Å². The SMILES string of the molecule is C=C(CCN=C=O)C(=O)OC(C)(C)C. The quantitative estimate of drug-likeness (QED) is 0.298. The molecule has 4 nitrogen and oxygen atoms in total. The van der Waals surface area contributed by atoms with Gasteiger partial charge in [-0.25, -0.2) is 14.6 Å². The minimum atomic E-state index is -0.520. The number of carbonyl (C=O) groups is 1. The fraction of sp³-hybridized carbons (Fsp3) is 0.600. The Hall–Kier alpha value is -1.41. The summed E-state index contributed by atoms with van der Waals surface area (Å²) in [6.45, 7) is 9.11. The van der Waals surface area contributed by atoms with Crippen molar-refractivity contribution in [3.8, 4) is 0 Å². The molecule has 0 radical (unpaired) electrons. The van der Waals surface area contributed by atoms with Crippen molar-refractivity contribution in [2.45, 2.75) is 32.8 Å². The molecule has 0 aliphatic carbocycles. The molecule has 0 aromatic heterocycles. The zero-order chi connectivity index (χ0) is 11.2. The number of hydrogen-bond donors (Lipinski definition) is 0. The smallest absolute Gasteiger partial charge is 0.333 e. The van der Waals surface area contributed by atoms with E-state index in [0.29, 0.717) is 12.0 Å². The third kappa shape index (κ3) is 6.14. The van der Waals surface area contributed by atoms with E-state index in [9.17, 15) is 9.59 Å². The van der Waals surface area contributed by atoms with Gasteiger partial charge < -0.3 is 4.74 Å². The molecule has 0 atom stereocenters. The van der Waals surface area contributed by atoms with Crippen LogP contribution in [0.2, 0.25) is 0 Å². The second-order valence-corrected chi connectivity index (χ2v) is 3.83. The average Bonchev–Trinajstić information content (AvgIpc) is 2.01. The van der Waals surface area contributed by atoms with Gasteiger partial charge in [-0.1, -0.05) is 6.58 Å². The van der Waals surface area contributed by atoms with Crippen molar-refractivity contribution in [3.05, 3.63) is 12.2 Å². The minimum absolute atomic E-state index is 0.224. The van der Waals surface area contributed by atoms with Crippen molar-refractivity contribution in [2.75, 3.05) is 6.54 Å². The lowest BCUT2D eigenvalue weighted by Crippen LogP contribution is -2.24. The predicted molar refractivity (Wildman–Crippen MR) is 52.6 cm³/mol. The minimum Gasteiger partial charge on any atom is -0.457 e. The topological polar surface area (TPSA) is 55.7 Å². The first-order valence-corrected chi connectivity index (χ1v) is 4.31. The van der Waals surface area contributed by atoms with Crippen LogP contribution in [0.15, 0.2) is 17.1 Å².